The van der Waals surface area contributed by atoms with E-state index >= 15 is 0 Å². The van der Waals surface area contributed by atoms with Gasteiger partial charge in [-0.2, -0.15) is 0 Å². The molecule has 6 heteroatoms. The van der Waals surface area contributed by atoms with Crippen LogP contribution in [-0.4, -0.2) is 27.4 Å². The van der Waals surface area contributed by atoms with Crippen LogP contribution in [0.25, 0.3) is 5.57 Å². The van der Waals surface area contributed by atoms with E-state index in [-0.39, 0.29) is 24.1 Å². The van der Waals surface area contributed by atoms with Gasteiger partial charge < -0.3 is 9.30 Å². The van der Waals surface area contributed by atoms with Crippen LogP contribution in [0.15, 0.2) is 77.5 Å². The second-order valence-corrected chi connectivity index (χ2v) is 7.88. The quantitative estimate of drug-likeness (QED) is 0.408. The summed E-state index contributed by atoms with van der Waals surface area (Å²) in [6.07, 6.45) is 4.83. The highest BCUT2D eigenvalue weighted by Crippen LogP contribution is 2.35. The summed E-state index contributed by atoms with van der Waals surface area (Å²) < 4.78 is 8.35. The first-order valence-electron chi connectivity index (χ1n) is 9.27. The molecule has 2 aromatic carbocycles. The highest BCUT2D eigenvalue weighted by Gasteiger charge is 2.35. The number of benzene rings is 2. The first kappa shape index (κ1) is 19.3. The monoisotopic (exact) mass is 450 g/mol. The molecule has 0 saturated heterocycles. The molecule has 1 unspecified atom stereocenters. The van der Waals surface area contributed by atoms with Crippen LogP contribution in [0.2, 0.25) is 0 Å². The number of aromatic nitrogens is 2. The number of cyclic esters (lactones) is 1. The molecule has 0 fully saturated rings. The van der Waals surface area contributed by atoms with Gasteiger partial charge in [-0.1, -0.05) is 58.4 Å². The molecule has 0 spiro atoms. The number of ketones is 1. The average Bonchev–Trinajstić information content (AvgIpc) is 3.33. The van der Waals surface area contributed by atoms with E-state index in [0.717, 1.165) is 15.6 Å². The third kappa shape index (κ3) is 4.07. The molecule has 1 aromatic heterocycles. The maximum absolute atomic E-state index is 12.9. The van der Waals surface area contributed by atoms with Gasteiger partial charge in [0.15, 0.2) is 11.6 Å². The van der Waals surface area contributed by atoms with Gasteiger partial charge in [0.25, 0.3) is 0 Å². The summed E-state index contributed by atoms with van der Waals surface area (Å²) in [5.74, 6) is -0.378. The van der Waals surface area contributed by atoms with Crippen molar-refractivity contribution in [1.82, 2.24) is 9.55 Å². The number of ether oxygens (including phenoxy) is 1. The molecule has 3 aromatic rings. The Kier molecular flexibility index (Phi) is 5.45. The zero-order valence-electron chi connectivity index (χ0n) is 15.8. The summed E-state index contributed by atoms with van der Waals surface area (Å²) in [6, 6.07) is 17.2. The van der Waals surface area contributed by atoms with Crippen LogP contribution >= 0.6 is 15.9 Å². The summed E-state index contributed by atoms with van der Waals surface area (Å²) in [7, 11) is 1.79. The molecule has 0 N–H and O–H groups in total. The zero-order chi connectivity index (χ0) is 20.4. The molecule has 0 saturated carbocycles. The van der Waals surface area contributed by atoms with E-state index in [1.807, 2.05) is 60.7 Å². The molecular formula is C23H19BrN2O3. The molecule has 29 heavy (non-hydrogen) atoms. The Balaban J connectivity index is 1.68. The van der Waals surface area contributed by atoms with Crippen LogP contribution < -0.4 is 0 Å². The molecule has 2 atom stereocenters. The van der Waals surface area contributed by atoms with Crippen molar-refractivity contribution in [2.75, 3.05) is 0 Å². The van der Waals surface area contributed by atoms with Crippen LogP contribution in [0.3, 0.4) is 0 Å². The van der Waals surface area contributed by atoms with Crippen LogP contribution in [0.5, 0.6) is 0 Å². The Morgan fingerprint density at radius 3 is 2.55 bits per heavy atom. The highest BCUT2D eigenvalue weighted by molar-refractivity contribution is 9.10. The minimum atomic E-state index is -0.525. The fourth-order valence-electron chi connectivity index (χ4n) is 3.54. The van der Waals surface area contributed by atoms with Crippen LogP contribution in [0.4, 0.5) is 0 Å². The van der Waals surface area contributed by atoms with Crippen molar-refractivity contribution in [2.24, 2.45) is 7.05 Å². The van der Waals surface area contributed by atoms with Crippen molar-refractivity contribution in [3.63, 3.8) is 0 Å². The summed E-state index contributed by atoms with van der Waals surface area (Å²) in [4.78, 5) is 29.6. The summed E-state index contributed by atoms with van der Waals surface area (Å²) >= 11 is 3.44. The molecule has 2 heterocycles. The summed E-state index contributed by atoms with van der Waals surface area (Å²) in [5, 5.41) is 0. The molecule has 0 radical (unpaired) electrons. The third-order valence-electron chi connectivity index (χ3n) is 5.05. The number of esters is 1. The number of Topliss-reactive ketones (excluding diaryl/α,β-unsaturated/α-hetero) is 1. The zero-order valence-corrected chi connectivity index (χ0v) is 17.4. The van der Waals surface area contributed by atoms with Crippen LogP contribution in [-0.2, 0) is 16.6 Å². The lowest BCUT2D eigenvalue weighted by Crippen LogP contribution is -2.23. The molecule has 0 amide bonds. The van der Waals surface area contributed by atoms with E-state index in [2.05, 4.69) is 20.9 Å². The van der Waals surface area contributed by atoms with E-state index in [1.165, 1.54) is 0 Å². The molecule has 1 aliphatic heterocycles. The first-order chi connectivity index (χ1) is 14.0. The number of aryl methyl sites for hydroxylation is 1. The average molecular weight is 451 g/mol. The molecule has 0 bridgehead atoms. The predicted octanol–water partition coefficient (Wildman–Crippen LogP) is 4.55. The Morgan fingerprint density at radius 1 is 1.17 bits per heavy atom. The number of nitrogens with zero attached hydrogens (tertiary/aromatic N) is 2. The number of hydrogen-bond donors (Lipinski definition) is 0. The topological polar surface area (TPSA) is 61.2 Å². The van der Waals surface area contributed by atoms with Crippen LogP contribution in [0, 0.1) is 0 Å². The maximum atomic E-state index is 12.9. The van der Waals surface area contributed by atoms with E-state index in [4.69, 9.17) is 4.74 Å². The molecule has 4 rings (SSSR count). The Bertz CT molecular complexity index is 1070. The number of carbonyl (C=O) groups is 2. The van der Waals surface area contributed by atoms with Gasteiger partial charge in [-0.25, -0.2) is 9.78 Å². The Morgan fingerprint density at radius 2 is 1.90 bits per heavy atom. The fourth-order valence-corrected chi connectivity index (χ4v) is 3.81. The smallest absolute Gasteiger partial charge is 0.339 e. The van der Waals surface area contributed by atoms with Gasteiger partial charge in [0.05, 0.1) is 5.57 Å². The third-order valence-corrected chi connectivity index (χ3v) is 5.58. The fraction of sp³-hybridized carbons (Fsp3) is 0.174. The molecule has 0 aliphatic carbocycles. The lowest BCUT2D eigenvalue weighted by atomic mass is 9.87. The number of imidazole rings is 1. The summed E-state index contributed by atoms with van der Waals surface area (Å²) in [6.45, 7) is 0. The van der Waals surface area contributed by atoms with Gasteiger partial charge in [-0.3, -0.25) is 4.79 Å². The molecule has 146 valence electrons. The van der Waals surface area contributed by atoms with E-state index < -0.39 is 6.10 Å². The number of hydrogen-bond acceptors (Lipinski definition) is 4. The number of rotatable bonds is 6. The van der Waals surface area contributed by atoms with Crippen LogP contribution in [0.1, 0.15) is 34.1 Å². The molecule has 5 nitrogen and oxygen atoms in total. The van der Waals surface area contributed by atoms with Gasteiger partial charge in [-0.05, 0) is 29.3 Å². The van der Waals surface area contributed by atoms with Gasteiger partial charge in [0.1, 0.15) is 6.10 Å². The lowest BCUT2D eigenvalue weighted by Gasteiger charge is -2.21. The Hall–Kier alpha value is -2.99. The largest absolute Gasteiger partial charge is 0.454 e. The standard InChI is InChI=1S/C23H19BrN2O3/c1-26-12-11-25-22(26)20(27)13-18(16-7-9-17(24)10-8-16)21-14-19(23(28)29-21)15-5-3-2-4-6-15/h2-12,14,18,21H,13H2,1H3/t18?,21-/m0/s1. The molecule has 1 aliphatic rings. The van der Waals surface area contributed by atoms with Gasteiger partial charge in [-0.15, -0.1) is 0 Å². The van der Waals surface area contributed by atoms with Crippen molar-refractivity contribution in [1.29, 1.82) is 0 Å². The van der Waals surface area contributed by atoms with Crippen molar-refractivity contribution in [3.05, 3.63) is 94.5 Å². The molecular weight excluding hydrogens is 432 g/mol. The number of halogens is 1. The minimum Gasteiger partial charge on any atom is -0.454 e. The van der Waals surface area contributed by atoms with Crippen molar-refractivity contribution in [2.45, 2.75) is 18.4 Å². The van der Waals surface area contributed by atoms with Gasteiger partial charge in [0, 0.05) is 36.3 Å². The lowest BCUT2D eigenvalue weighted by molar-refractivity contribution is -0.138. The van der Waals surface area contributed by atoms with Crippen molar-refractivity contribution >= 4 is 33.3 Å². The normalized spacial score (nSPS) is 17.0. The Labute approximate surface area is 177 Å². The highest BCUT2D eigenvalue weighted by atomic mass is 79.9. The maximum Gasteiger partial charge on any atom is 0.339 e. The SMILES string of the molecule is Cn1ccnc1C(=O)CC(c1ccc(Br)cc1)[C@@H]1C=C(c2ccccc2)C(=O)O1. The van der Waals surface area contributed by atoms with E-state index in [9.17, 15) is 9.59 Å². The van der Waals surface area contributed by atoms with Crippen molar-refractivity contribution in [3.8, 4) is 0 Å². The first-order valence-corrected chi connectivity index (χ1v) is 10.1. The van der Waals surface area contributed by atoms with E-state index in [0.29, 0.717) is 11.4 Å². The number of carbonyl (C=O) groups excluding carboxylic acids is 2. The summed E-state index contributed by atoms with van der Waals surface area (Å²) in [5.41, 5.74) is 2.27. The predicted molar refractivity (Wildman–Crippen MR) is 113 cm³/mol. The van der Waals surface area contributed by atoms with E-state index in [1.54, 1.807) is 24.0 Å². The van der Waals surface area contributed by atoms with Crippen molar-refractivity contribution < 1.29 is 14.3 Å². The van der Waals surface area contributed by atoms with Gasteiger partial charge in [0.2, 0.25) is 0 Å². The second kappa shape index (κ2) is 8.17. The second-order valence-electron chi connectivity index (χ2n) is 6.96. The minimum absolute atomic E-state index is 0.0944. The van der Waals surface area contributed by atoms with Gasteiger partial charge >= 0.3 is 5.97 Å².